The number of amides is 1. The summed E-state index contributed by atoms with van der Waals surface area (Å²) in [6.07, 6.45) is 7.89. The van der Waals surface area contributed by atoms with E-state index in [4.69, 9.17) is 0 Å². The van der Waals surface area contributed by atoms with Crippen molar-refractivity contribution >= 4 is 16.8 Å². The number of nitrogens with one attached hydrogen (secondary N) is 1. The standard InChI is InChI=1S/C18H20N4O/c1-13-10-20-21(11-13)12-16-3-2-8-22(16)18(23)15-5-4-14-6-7-19-17(14)9-15/h4-7,9-11,16,19H,2-3,8,12H2,1H3/t16-/m0/s1. The molecule has 1 aliphatic rings. The molecule has 1 aromatic carbocycles. The van der Waals surface area contributed by atoms with Crippen molar-refractivity contribution in [2.24, 2.45) is 0 Å². The lowest BCUT2D eigenvalue weighted by atomic mass is 10.1. The van der Waals surface area contributed by atoms with Gasteiger partial charge in [0.05, 0.1) is 18.8 Å². The van der Waals surface area contributed by atoms with Gasteiger partial charge >= 0.3 is 0 Å². The monoisotopic (exact) mass is 308 g/mol. The molecule has 1 aliphatic heterocycles. The van der Waals surface area contributed by atoms with E-state index in [9.17, 15) is 4.79 Å². The molecule has 5 heteroatoms. The van der Waals surface area contributed by atoms with Gasteiger partial charge in [-0.05, 0) is 48.9 Å². The van der Waals surface area contributed by atoms with Gasteiger partial charge in [0.15, 0.2) is 0 Å². The first-order chi connectivity index (χ1) is 11.2. The van der Waals surface area contributed by atoms with Crippen molar-refractivity contribution in [3.63, 3.8) is 0 Å². The number of carbonyl (C=O) groups is 1. The molecule has 118 valence electrons. The third-order valence-corrected chi connectivity index (χ3v) is 4.60. The van der Waals surface area contributed by atoms with Crippen LogP contribution in [0.4, 0.5) is 0 Å². The summed E-state index contributed by atoms with van der Waals surface area (Å²) in [6, 6.07) is 8.11. The summed E-state index contributed by atoms with van der Waals surface area (Å²) in [4.78, 5) is 18.1. The van der Waals surface area contributed by atoms with Gasteiger partial charge in [0.2, 0.25) is 0 Å². The van der Waals surface area contributed by atoms with Gasteiger partial charge in [0, 0.05) is 30.0 Å². The Balaban J connectivity index is 1.56. The number of hydrogen-bond acceptors (Lipinski definition) is 2. The van der Waals surface area contributed by atoms with E-state index in [0.717, 1.165) is 48.0 Å². The molecule has 0 radical (unpaired) electrons. The van der Waals surface area contributed by atoms with Gasteiger partial charge < -0.3 is 9.88 Å². The van der Waals surface area contributed by atoms with Crippen LogP contribution in [0.3, 0.4) is 0 Å². The molecule has 0 bridgehead atoms. The number of aromatic amines is 1. The average molecular weight is 308 g/mol. The Morgan fingerprint density at radius 1 is 1.39 bits per heavy atom. The van der Waals surface area contributed by atoms with Crippen LogP contribution in [0.15, 0.2) is 42.9 Å². The molecule has 5 nitrogen and oxygen atoms in total. The van der Waals surface area contributed by atoms with E-state index in [1.165, 1.54) is 0 Å². The van der Waals surface area contributed by atoms with Crippen molar-refractivity contribution in [1.29, 1.82) is 0 Å². The largest absolute Gasteiger partial charge is 0.361 e. The van der Waals surface area contributed by atoms with Crippen LogP contribution in [-0.4, -0.2) is 38.2 Å². The van der Waals surface area contributed by atoms with Crippen LogP contribution < -0.4 is 0 Å². The summed E-state index contributed by atoms with van der Waals surface area (Å²) < 4.78 is 1.94. The van der Waals surface area contributed by atoms with Gasteiger partial charge in [0.25, 0.3) is 5.91 Å². The Hall–Kier alpha value is -2.56. The van der Waals surface area contributed by atoms with E-state index in [0.29, 0.717) is 0 Å². The molecular weight excluding hydrogens is 288 g/mol. The minimum absolute atomic E-state index is 0.118. The molecule has 1 N–H and O–H groups in total. The Morgan fingerprint density at radius 3 is 3.13 bits per heavy atom. The van der Waals surface area contributed by atoms with Gasteiger partial charge in [-0.2, -0.15) is 5.10 Å². The first kappa shape index (κ1) is 14.1. The van der Waals surface area contributed by atoms with E-state index in [1.807, 2.05) is 59.4 Å². The van der Waals surface area contributed by atoms with Crippen LogP contribution in [0.25, 0.3) is 10.9 Å². The molecular formula is C18H20N4O. The number of nitrogens with zero attached hydrogens (tertiary/aromatic N) is 3. The van der Waals surface area contributed by atoms with Crippen LogP contribution >= 0.6 is 0 Å². The predicted molar refractivity (Wildman–Crippen MR) is 89.3 cm³/mol. The molecule has 0 spiro atoms. The van der Waals surface area contributed by atoms with E-state index >= 15 is 0 Å². The quantitative estimate of drug-likeness (QED) is 0.808. The van der Waals surface area contributed by atoms with Crippen LogP contribution in [0, 0.1) is 6.92 Å². The number of rotatable bonds is 3. The van der Waals surface area contributed by atoms with Crippen LogP contribution in [0.1, 0.15) is 28.8 Å². The van der Waals surface area contributed by atoms with Gasteiger partial charge in [-0.15, -0.1) is 0 Å². The molecule has 0 aliphatic carbocycles. The van der Waals surface area contributed by atoms with Gasteiger partial charge in [-0.1, -0.05) is 6.07 Å². The molecule has 3 heterocycles. The zero-order valence-corrected chi connectivity index (χ0v) is 13.2. The minimum atomic E-state index is 0.118. The minimum Gasteiger partial charge on any atom is -0.361 e. The normalized spacial score (nSPS) is 18.0. The maximum atomic E-state index is 12.9. The second-order valence-corrected chi connectivity index (χ2v) is 6.31. The highest BCUT2D eigenvalue weighted by molar-refractivity contribution is 5.98. The van der Waals surface area contributed by atoms with Gasteiger partial charge in [-0.3, -0.25) is 9.48 Å². The molecule has 1 fully saturated rings. The molecule has 2 aromatic heterocycles. The molecule has 1 saturated heterocycles. The maximum Gasteiger partial charge on any atom is 0.254 e. The molecule has 1 atom stereocenters. The Morgan fingerprint density at radius 2 is 2.30 bits per heavy atom. The molecule has 1 amide bonds. The number of aromatic nitrogens is 3. The van der Waals surface area contributed by atoms with Crippen LogP contribution in [-0.2, 0) is 6.54 Å². The molecule has 0 unspecified atom stereocenters. The molecule has 0 saturated carbocycles. The topological polar surface area (TPSA) is 53.9 Å². The zero-order chi connectivity index (χ0) is 15.8. The lowest BCUT2D eigenvalue weighted by Gasteiger charge is -2.25. The Bertz CT molecular complexity index is 847. The summed E-state index contributed by atoms with van der Waals surface area (Å²) in [7, 11) is 0. The fourth-order valence-electron chi connectivity index (χ4n) is 3.42. The van der Waals surface area contributed by atoms with Crippen molar-refractivity contribution in [1.82, 2.24) is 19.7 Å². The van der Waals surface area contributed by atoms with Crippen LogP contribution in [0.5, 0.6) is 0 Å². The third-order valence-electron chi connectivity index (χ3n) is 4.60. The summed E-state index contributed by atoms with van der Waals surface area (Å²) in [5.41, 5.74) is 2.91. The number of likely N-dealkylation sites (tertiary alicyclic amines) is 1. The van der Waals surface area contributed by atoms with Crippen molar-refractivity contribution in [3.05, 3.63) is 54.0 Å². The number of fused-ring (bicyclic) bond motifs is 1. The van der Waals surface area contributed by atoms with E-state index in [1.54, 1.807) is 0 Å². The fraction of sp³-hybridized carbons (Fsp3) is 0.333. The number of benzene rings is 1. The Kier molecular flexibility index (Phi) is 3.41. The van der Waals surface area contributed by atoms with E-state index < -0.39 is 0 Å². The van der Waals surface area contributed by atoms with Crippen molar-refractivity contribution < 1.29 is 4.79 Å². The van der Waals surface area contributed by atoms with Crippen molar-refractivity contribution in [3.8, 4) is 0 Å². The number of hydrogen-bond donors (Lipinski definition) is 1. The van der Waals surface area contributed by atoms with Crippen molar-refractivity contribution in [2.75, 3.05) is 6.54 Å². The van der Waals surface area contributed by atoms with E-state index in [-0.39, 0.29) is 11.9 Å². The van der Waals surface area contributed by atoms with Crippen molar-refractivity contribution in [2.45, 2.75) is 32.4 Å². The number of aryl methyl sites for hydroxylation is 1. The third kappa shape index (κ3) is 2.63. The number of H-pyrrole nitrogens is 1. The lowest BCUT2D eigenvalue weighted by molar-refractivity contribution is 0.0722. The van der Waals surface area contributed by atoms with Crippen LogP contribution in [0.2, 0.25) is 0 Å². The zero-order valence-electron chi connectivity index (χ0n) is 13.2. The van der Waals surface area contributed by atoms with E-state index in [2.05, 4.69) is 10.1 Å². The SMILES string of the molecule is Cc1cnn(C[C@@H]2CCCN2C(=O)c2ccc3cc[nH]c3c2)c1. The molecule has 4 rings (SSSR count). The second-order valence-electron chi connectivity index (χ2n) is 6.31. The Labute approximate surface area is 134 Å². The highest BCUT2D eigenvalue weighted by Gasteiger charge is 2.29. The van der Waals surface area contributed by atoms with Gasteiger partial charge in [-0.25, -0.2) is 0 Å². The highest BCUT2D eigenvalue weighted by atomic mass is 16.2. The lowest BCUT2D eigenvalue weighted by Crippen LogP contribution is -2.38. The smallest absolute Gasteiger partial charge is 0.254 e. The predicted octanol–water partition coefficient (Wildman–Crippen LogP) is 2.98. The fourth-order valence-corrected chi connectivity index (χ4v) is 3.42. The second kappa shape index (κ2) is 5.57. The van der Waals surface area contributed by atoms with Gasteiger partial charge in [0.1, 0.15) is 0 Å². The number of carbonyl (C=O) groups excluding carboxylic acids is 1. The summed E-state index contributed by atoms with van der Waals surface area (Å²) in [5, 5.41) is 5.48. The summed E-state index contributed by atoms with van der Waals surface area (Å²) in [5.74, 6) is 0.118. The molecule has 23 heavy (non-hydrogen) atoms. The first-order valence-corrected chi connectivity index (χ1v) is 8.08. The highest BCUT2D eigenvalue weighted by Crippen LogP contribution is 2.23. The first-order valence-electron chi connectivity index (χ1n) is 8.08. The molecule has 3 aromatic rings. The maximum absolute atomic E-state index is 12.9. The average Bonchev–Trinajstić information content (AvgIpc) is 3.27. The summed E-state index contributed by atoms with van der Waals surface area (Å²) in [6.45, 7) is 3.63. The summed E-state index contributed by atoms with van der Waals surface area (Å²) >= 11 is 0.